The molecular formula is C15H21BrN2O2. The summed E-state index contributed by atoms with van der Waals surface area (Å²) in [5, 5.41) is 12.1. The first-order valence-corrected chi connectivity index (χ1v) is 7.88. The monoisotopic (exact) mass is 340 g/mol. The summed E-state index contributed by atoms with van der Waals surface area (Å²) < 4.78 is 0.989. The Kier molecular flexibility index (Phi) is 6.01. The van der Waals surface area contributed by atoms with Gasteiger partial charge in [0.05, 0.1) is 13.2 Å². The average molecular weight is 341 g/mol. The standard InChI is InChI=1S/C15H21BrN2O2/c16-12-5-7-13(8-6-12)17-15(20)11-18(9-10-19)14-3-1-2-4-14/h5-8,14,19H,1-4,9-11H2,(H,17,20). The quantitative estimate of drug-likeness (QED) is 0.836. The second kappa shape index (κ2) is 7.76. The van der Waals surface area contributed by atoms with Crippen LogP contribution in [0.1, 0.15) is 25.7 Å². The predicted molar refractivity (Wildman–Crippen MR) is 83.7 cm³/mol. The van der Waals surface area contributed by atoms with Crippen molar-refractivity contribution in [2.75, 3.05) is 25.0 Å². The molecule has 0 atom stereocenters. The van der Waals surface area contributed by atoms with Gasteiger partial charge in [-0.2, -0.15) is 0 Å². The first kappa shape index (κ1) is 15.5. The van der Waals surface area contributed by atoms with Crippen molar-refractivity contribution >= 4 is 27.5 Å². The van der Waals surface area contributed by atoms with Crippen LogP contribution < -0.4 is 5.32 Å². The van der Waals surface area contributed by atoms with Crippen LogP contribution in [0.15, 0.2) is 28.7 Å². The minimum atomic E-state index is -0.0207. The number of anilines is 1. The van der Waals surface area contributed by atoms with E-state index in [2.05, 4.69) is 26.1 Å². The highest BCUT2D eigenvalue weighted by molar-refractivity contribution is 9.10. The van der Waals surface area contributed by atoms with Gasteiger partial charge in [0.15, 0.2) is 0 Å². The normalized spacial score (nSPS) is 15.8. The van der Waals surface area contributed by atoms with E-state index in [1.807, 2.05) is 24.3 Å². The van der Waals surface area contributed by atoms with Crippen LogP contribution in [0.25, 0.3) is 0 Å². The fraction of sp³-hybridized carbons (Fsp3) is 0.533. The van der Waals surface area contributed by atoms with Gasteiger partial charge in [-0.25, -0.2) is 0 Å². The van der Waals surface area contributed by atoms with Crippen molar-refractivity contribution < 1.29 is 9.90 Å². The first-order valence-electron chi connectivity index (χ1n) is 7.09. The number of hydrogen-bond acceptors (Lipinski definition) is 3. The van der Waals surface area contributed by atoms with Crippen LogP contribution >= 0.6 is 15.9 Å². The van der Waals surface area contributed by atoms with E-state index in [0.29, 0.717) is 19.1 Å². The van der Waals surface area contributed by atoms with Crippen molar-refractivity contribution in [2.24, 2.45) is 0 Å². The van der Waals surface area contributed by atoms with Gasteiger partial charge in [0, 0.05) is 22.7 Å². The van der Waals surface area contributed by atoms with E-state index in [9.17, 15) is 4.79 Å². The largest absolute Gasteiger partial charge is 0.395 e. The van der Waals surface area contributed by atoms with Gasteiger partial charge in [0.25, 0.3) is 0 Å². The zero-order valence-electron chi connectivity index (χ0n) is 11.5. The Morgan fingerprint density at radius 3 is 2.55 bits per heavy atom. The predicted octanol–water partition coefficient (Wildman–Crippen LogP) is 2.62. The Morgan fingerprint density at radius 2 is 1.95 bits per heavy atom. The lowest BCUT2D eigenvalue weighted by Crippen LogP contribution is -2.41. The third kappa shape index (κ3) is 4.58. The van der Waals surface area contributed by atoms with E-state index >= 15 is 0 Å². The lowest BCUT2D eigenvalue weighted by Gasteiger charge is -2.27. The molecular weight excluding hydrogens is 320 g/mol. The van der Waals surface area contributed by atoms with Crippen LogP contribution in [0.2, 0.25) is 0 Å². The van der Waals surface area contributed by atoms with E-state index in [1.54, 1.807) is 0 Å². The molecule has 0 aliphatic heterocycles. The molecule has 0 unspecified atom stereocenters. The van der Waals surface area contributed by atoms with E-state index < -0.39 is 0 Å². The highest BCUT2D eigenvalue weighted by Crippen LogP contribution is 2.23. The smallest absolute Gasteiger partial charge is 0.238 e. The summed E-state index contributed by atoms with van der Waals surface area (Å²) in [6, 6.07) is 7.98. The van der Waals surface area contributed by atoms with E-state index in [-0.39, 0.29) is 12.5 Å². The summed E-state index contributed by atoms with van der Waals surface area (Å²) in [6.45, 7) is 1.02. The van der Waals surface area contributed by atoms with Crippen LogP contribution in [-0.4, -0.2) is 41.7 Å². The van der Waals surface area contributed by atoms with Crippen LogP contribution in [0, 0.1) is 0 Å². The third-order valence-electron chi connectivity index (χ3n) is 3.70. The van der Waals surface area contributed by atoms with E-state index in [4.69, 9.17) is 5.11 Å². The Balaban J connectivity index is 1.88. The summed E-state index contributed by atoms with van der Waals surface area (Å²) in [5.74, 6) is -0.0207. The van der Waals surface area contributed by atoms with Gasteiger partial charge in [0.2, 0.25) is 5.91 Å². The number of aliphatic hydroxyl groups excluding tert-OH is 1. The minimum absolute atomic E-state index is 0.0207. The molecule has 1 aliphatic rings. The molecule has 0 radical (unpaired) electrons. The summed E-state index contributed by atoms with van der Waals surface area (Å²) >= 11 is 3.37. The molecule has 2 rings (SSSR count). The maximum Gasteiger partial charge on any atom is 0.238 e. The zero-order chi connectivity index (χ0) is 14.4. The minimum Gasteiger partial charge on any atom is -0.395 e. The molecule has 1 fully saturated rings. The summed E-state index contributed by atoms with van der Waals surface area (Å²) in [6.07, 6.45) is 4.71. The fourth-order valence-corrected chi connectivity index (χ4v) is 2.97. The van der Waals surface area contributed by atoms with Crippen LogP contribution in [0.5, 0.6) is 0 Å². The van der Waals surface area contributed by atoms with Crippen LogP contribution in [0.3, 0.4) is 0 Å². The van der Waals surface area contributed by atoms with Gasteiger partial charge in [-0.1, -0.05) is 28.8 Å². The summed E-state index contributed by atoms with van der Waals surface area (Å²) in [5.41, 5.74) is 0.800. The van der Waals surface area contributed by atoms with Crippen molar-refractivity contribution in [2.45, 2.75) is 31.7 Å². The van der Waals surface area contributed by atoms with Gasteiger partial charge in [-0.3, -0.25) is 9.69 Å². The zero-order valence-corrected chi connectivity index (χ0v) is 13.1. The number of carbonyl (C=O) groups excluding carboxylic acids is 1. The number of halogens is 1. The summed E-state index contributed by atoms with van der Waals surface area (Å²) in [4.78, 5) is 14.2. The van der Waals surface area contributed by atoms with Crippen molar-refractivity contribution in [3.8, 4) is 0 Å². The lowest BCUT2D eigenvalue weighted by atomic mass is 10.2. The Labute approximate surface area is 128 Å². The molecule has 0 aromatic heterocycles. The molecule has 1 amide bonds. The molecule has 110 valence electrons. The molecule has 1 saturated carbocycles. The van der Waals surface area contributed by atoms with Crippen molar-refractivity contribution in [1.82, 2.24) is 4.90 Å². The molecule has 1 aromatic carbocycles. The van der Waals surface area contributed by atoms with Gasteiger partial charge in [0.1, 0.15) is 0 Å². The molecule has 5 heteroatoms. The molecule has 1 aromatic rings. The highest BCUT2D eigenvalue weighted by atomic mass is 79.9. The number of nitrogens with zero attached hydrogens (tertiary/aromatic N) is 1. The molecule has 0 heterocycles. The van der Waals surface area contributed by atoms with Crippen molar-refractivity contribution in [3.05, 3.63) is 28.7 Å². The topological polar surface area (TPSA) is 52.6 Å². The van der Waals surface area contributed by atoms with E-state index in [0.717, 1.165) is 23.0 Å². The number of hydrogen-bond donors (Lipinski definition) is 2. The first-order chi connectivity index (χ1) is 9.69. The van der Waals surface area contributed by atoms with Crippen molar-refractivity contribution in [3.63, 3.8) is 0 Å². The molecule has 4 nitrogen and oxygen atoms in total. The van der Waals surface area contributed by atoms with E-state index in [1.165, 1.54) is 12.8 Å². The Morgan fingerprint density at radius 1 is 1.30 bits per heavy atom. The maximum atomic E-state index is 12.1. The fourth-order valence-electron chi connectivity index (χ4n) is 2.71. The van der Waals surface area contributed by atoms with Gasteiger partial charge in [-0.15, -0.1) is 0 Å². The van der Waals surface area contributed by atoms with Gasteiger partial charge < -0.3 is 10.4 Å². The lowest BCUT2D eigenvalue weighted by molar-refractivity contribution is -0.118. The van der Waals surface area contributed by atoms with Crippen molar-refractivity contribution in [1.29, 1.82) is 0 Å². The Bertz CT molecular complexity index is 430. The SMILES string of the molecule is O=C(CN(CCO)C1CCCC1)Nc1ccc(Br)cc1. The number of benzene rings is 1. The molecule has 0 spiro atoms. The number of carbonyl (C=O) groups is 1. The summed E-state index contributed by atoms with van der Waals surface area (Å²) in [7, 11) is 0. The molecule has 2 N–H and O–H groups in total. The van der Waals surface area contributed by atoms with Crippen LogP contribution in [-0.2, 0) is 4.79 Å². The molecule has 0 saturated heterocycles. The molecule has 1 aliphatic carbocycles. The Hall–Kier alpha value is -0.910. The molecule has 0 bridgehead atoms. The second-order valence-electron chi connectivity index (χ2n) is 5.19. The third-order valence-corrected chi connectivity index (χ3v) is 4.23. The van der Waals surface area contributed by atoms with Gasteiger partial charge >= 0.3 is 0 Å². The second-order valence-corrected chi connectivity index (χ2v) is 6.10. The van der Waals surface area contributed by atoms with Gasteiger partial charge in [-0.05, 0) is 37.1 Å². The maximum absolute atomic E-state index is 12.1. The number of rotatable bonds is 6. The van der Waals surface area contributed by atoms with Crippen LogP contribution in [0.4, 0.5) is 5.69 Å². The highest BCUT2D eigenvalue weighted by Gasteiger charge is 2.23. The number of aliphatic hydroxyl groups is 1. The number of amides is 1. The average Bonchev–Trinajstić information content (AvgIpc) is 2.95. The molecule has 20 heavy (non-hydrogen) atoms. The number of nitrogens with one attached hydrogen (secondary N) is 1.